The van der Waals surface area contributed by atoms with E-state index in [0.29, 0.717) is 18.1 Å². The van der Waals surface area contributed by atoms with Crippen LogP contribution in [0.4, 0.5) is 0 Å². The van der Waals surface area contributed by atoms with E-state index in [0.717, 1.165) is 11.1 Å². The second-order valence-corrected chi connectivity index (χ2v) is 6.96. The van der Waals surface area contributed by atoms with Gasteiger partial charge in [-0.25, -0.2) is 0 Å². The normalized spacial score (nSPS) is 30.8. The maximum Gasteiger partial charge on any atom is 0.184 e. The van der Waals surface area contributed by atoms with Gasteiger partial charge >= 0.3 is 0 Å². The summed E-state index contributed by atoms with van der Waals surface area (Å²) in [6, 6.07) is 17.2. The number of halogens is 1. The van der Waals surface area contributed by atoms with Crippen LogP contribution in [0.3, 0.4) is 0 Å². The Labute approximate surface area is 158 Å². The van der Waals surface area contributed by atoms with Crippen molar-refractivity contribution in [1.82, 2.24) is 0 Å². The van der Waals surface area contributed by atoms with E-state index < -0.39 is 6.29 Å². The zero-order valence-electron chi connectivity index (χ0n) is 14.2. The average molecular weight is 370 g/mol. The van der Waals surface area contributed by atoms with E-state index in [4.69, 9.17) is 31.5 Å². The van der Waals surface area contributed by atoms with Gasteiger partial charge in [0.1, 0.15) is 18.3 Å². The first-order chi connectivity index (χ1) is 12.7. The number of rotatable bonds is 1. The average Bonchev–Trinajstić information content (AvgIpc) is 2.67. The van der Waals surface area contributed by atoms with Crippen LogP contribution in [-0.2, 0) is 14.2 Å². The largest absolute Gasteiger partial charge is 0.357 e. The molecular formula is C21H20ClNO3. The molecule has 2 heterocycles. The van der Waals surface area contributed by atoms with Crippen molar-refractivity contribution >= 4 is 11.6 Å². The second-order valence-electron chi connectivity index (χ2n) is 6.52. The Morgan fingerprint density at radius 1 is 1.04 bits per heavy atom. The maximum absolute atomic E-state index is 6.36. The van der Waals surface area contributed by atoms with Gasteiger partial charge in [-0.15, -0.1) is 0 Å². The number of fused-ring (bicyclic) bond motifs is 1. The molecule has 2 aromatic rings. The summed E-state index contributed by atoms with van der Waals surface area (Å²) in [5.41, 5.74) is 8.21. The second kappa shape index (κ2) is 7.79. The van der Waals surface area contributed by atoms with Crippen molar-refractivity contribution in [3.05, 3.63) is 70.7 Å². The molecule has 26 heavy (non-hydrogen) atoms. The summed E-state index contributed by atoms with van der Waals surface area (Å²) in [4.78, 5) is 0. The van der Waals surface area contributed by atoms with Crippen molar-refractivity contribution in [1.29, 1.82) is 0 Å². The molecule has 4 rings (SSSR count). The van der Waals surface area contributed by atoms with Crippen LogP contribution in [0.5, 0.6) is 0 Å². The molecule has 5 unspecified atom stereocenters. The molecule has 0 aromatic heterocycles. The van der Waals surface area contributed by atoms with Gasteiger partial charge in [0.2, 0.25) is 0 Å². The zero-order chi connectivity index (χ0) is 17.9. The monoisotopic (exact) mass is 369 g/mol. The van der Waals surface area contributed by atoms with Crippen LogP contribution in [0, 0.1) is 11.8 Å². The first kappa shape index (κ1) is 17.5. The molecule has 2 aliphatic rings. The Morgan fingerprint density at radius 2 is 1.88 bits per heavy atom. The lowest BCUT2D eigenvalue weighted by atomic mass is 9.95. The Kier molecular flexibility index (Phi) is 5.26. The molecule has 5 heteroatoms. The third-order valence-electron chi connectivity index (χ3n) is 4.58. The maximum atomic E-state index is 6.36. The van der Waals surface area contributed by atoms with Crippen LogP contribution >= 0.6 is 11.6 Å². The topological polar surface area (TPSA) is 53.7 Å². The van der Waals surface area contributed by atoms with Crippen molar-refractivity contribution in [2.24, 2.45) is 5.73 Å². The molecule has 5 atom stereocenters. The summed E-state index contributed by atoms with van der Waals surface area (Å²) >= 11 is 5.99. The Balaban J connectivity index is 1.43. The molecule has 2 fully saturated rings. The minimum absolute atomic E-state index is 0.150. The van der Waals surface area contributed by atoms with Crippen LogP contribution in [0.2, 0.25) is 5.02 Å². The van der Waals surface area contributed by atoms with Gasteiger partial charge in [-0.3, -0.25) is 0 Å². The van der Waals surface area contributed by atoms with Gasteiger partial charge in [0, 0.05) is 28.6 Å². The summed E-state index contributed by atoms with van der Waals surface area (Å²) in [6.45, 7) is 0.438. The van der Waals surface area contributed by atoms with Gasteiger partial charge in [-0.1, -0.05) is 59.8 Å². The molecule has 0 bridgehead atoms. The van der Waals surface area contributed by atoms with E-state index in [-0.39, 0.29) is 24.4 Å². The molecule has 2 aromatic carbocycles. The predicted octanol–water partition coefficient (Wildman–Crippen LogP) is 3.29. The van der Waals surface area contributed by atoms with Crippen LogP contribution in [0.15, 0.2) is 54.6 Å². The lowest BCUT2D eigenvalue weighted by molar-refractivity contribution is -0.287. The van der Waals surface area contributed by atoms with Gasteiger partial charge in [-0.05, 0) is 18.2 Å². The predicted molar refractivity (Wildman–Crippen MR) is 99.6 cm³/mol. The third kappa shape index (κ3) is 3.93. The van der Waals surface area contributed by atoms with Crippen molar-refractivity contribution < 1.29 is 14.2 Å². The molecule has 0 amide bonds. The minimum atomic E-state index is -0.402. The molecular weight excluding hydrogens is 350 g/mol. The van der Waals surface area contributed by atoms with Gasteiger partial charge in [-0.2, -0.15) is 0 Å². The number of benzene rings is 2. The highest BCUT2D eigenvalue weighted by Gasteiger charge is 2.42. The lowest BCUT2D eigenvalue weighted by Crippen LogP contribution is -2.57. The number of nitrogens with two attached hydrogens (primary N) is 1. The van der Waals surface area contributed by atoms with E-state index >= 15 is 0 Å². The lowest BCUT2D eigenvalue weighted by Gasteiger charge is -2.44. The minimum Gasteiger partial charge on any atom is -0.357 e. The highest BCUT2D eigenvalue weighted by atomic mass is 35.5. The summed E-state index contributed by atoms with van der Waals surface area (Å²) in [7, 11) is 0. The SMILES string of the molecule is NC1CC(C#Cc2cccc(Cl)c2)OC2COC(c3ccccc3)OC12. The Hall–Kier alpha value is -1.87. The fourth-order valence-corrected chi connectivity index (χ4v) is 3.49. The number of ether oxygens (including phenoxy) is 3. The molecule has 2 aliphatic heterocycles. The zero-order valence-corrected chi connectivity index (χ0v) is 14.9. The third-order valence-corrected chi connectivity index (χ3v) is 4.82. The summed E-state index contributed by atoms with van der Waals surface area (Å²) < 4.78 is 18.0. The smallest absolute Gasteiger partial charge is 0.184 e. The molecule has 0 spiro atoms. The molecule has 4 nitrogen and oxygen atoms in total. The van der Waals surface area contributed by atoms with Crippen molar-refractivity contribution in [2.45, 2.75) is 37.1 Å². The van der Waals surface area contributed by atoms with E-state index in [9.17, 15) is 0 Å². The first-order valence-electron chi connectivity index (χ1n) is 8.69. The van der Waals surface area contributed by atoms with Crippen LogP contribution in [0.1, 0.15) is 23.8 Å². The van der Waals surface area contributed by atoms with Crippen LogP contribution < -0.4 is 5.73 Å². The van der Waals surface area contributed by atoms with Crippen molar-refractivity contribution in [3.8, 4) is 11.8 Å². The van der Waals surface area contributed by atoms with E-state index in [1.54, 1.807) is 0 Å². The molecule has 0 saturated carbocycles. The summed E-state index contributed by atoms with van der Waals surface area (Å²) in [6.07, 6.45) is -0.432. The van der Waals surface area contributed by atoms with Gasteiger partial charge in [0.15, 0.2) is 6.29 Å². The van der Waals surface area contributed by atoms with Crippen LogP contribution in [0.25, 0.3) is 0 Å². The standard InChI is InChI=1S/C21H20ClNO3/c22-16-8-4-5-14(11-16)9-10-17-12-18(23)20-19(25-17)13-24-21(26-20)15-6-2-1-3-7-15/h1-8,11,17-21H,12-13,23H2. The van der Waals surface area contributed by atoms with Crippen LogP contribution in [-0.4, -0.2) is 31.0 Å². The van der Waals surface area contributed by atoms with Crippen molar-refractivity contribution in [3.63, 3.8) is 0 Å². The van der Waals surface area contributed by atoms with E-state index in [1.807, 2.05) is 54.6 Å². The van der Waals surface area contributed by atoms with Gasteiger partial charge in [0.05, 0.1) is 6.61 Å². The molecule has 0 radical (unpaired) electrons. The fourth-order valence-electron chi connectivity index (χ4n) is 3.30. The van der Waals surface area contributed by atoms with Crippen molar-refractivity contribution in [2.75, 3.05) is 6.61 Å². The summed E-state index contributed by atoms with van der Waals surface area (Å²) in [5, 5.41) is 0.666. The highest BCUT2D eigenvalue weighted by Crippen LogP contribution is 2.33. The number of hydrogen-bond acceptors (Lipinski definition) is 4. The quantitative estimate of drug-likeness (QED) is 0.784. The fraction of sp³-hybridized carbons (Fsp3) is 0.333. The van der Waals surface area contributed by atoms with E-state index in [1.165, 1.54) is 0 Å². The first-order valence-corrected chi connectivity index (χ1v) is 9.07. The highest BCUT2D eigenvalue weighted by molar-refractivity contribution is 6.30. The molecule has 2 saturated heterocycles. The number of hydrogen-bond donors (Lipinski definition) is 1. The van der Waals surface area contributed by atoms with E-state index in [2.05, 4.69) is 11.8 Å². The van der Waals surface area contributed by atoms with Gasteiger partial charge < -0.3 is 19.9 Å². The molecule has 134 valence electrons. The summed E-state index contributed by atoms with van der Waals surface area (Å²) in [5.74, 6) is 6.26. The molecule has 0 aliphatic carbocycles. The molecule has 2 N–H and O–H groups in total. The Morgan fingerprint density at radius 3 is 2.69 bits per heavy atom. The van der Waals surface area contributed by atoms with Gasteiger partial charge in [0.25, 0.3) is 0 Å². The Bertz CT molecular complexity index is 817.